The van der Waals surface area contributed by atoms with Crippen molar-refractivity contribution in [2.24, 2.45) is 12.0 Å². The van der Waals surface area contributed by atoms with Crippen molar-refractivity contribution in [2.45, 2.75) is 20.0 Å². The van der Waals surface area contributed by atoms with Gasteiger partial charge in [0, 0.05) is 32.2 Å². The molecule has 120 valence electrons. The van der Waals surface area contributed by atoms with E-state index in [0.29, 0.717) is 13.1 Å². The maximum atomic E-state index is 4.60. The SMILES string of the molecule is CCNC(=NCc1ccn(C)c1)NCc1nnc2ccccn12. The Morgan fingerprint density at radius 2 is 2.09 bits per heavy atom. The lowest BCUT2D eigenvalue weighted by molar-refractivity contribution is 0.765. The Morgan fingerprint density at radius 1 is 1.17 bits per heavy atom. The third kappa shape index (κ3) is 3.68. The van der Waals surface area contributed by atoms with Crippen molar-refractivity contribution in [3.05, 3.63) is 54.2 Å². The highest BCUT2D eigenvalue weighted by atomic mass is 15.3. The summed E-state index contributed by atoms with van der Waals surface area (Å²) in [5.74, 6) is 1.62. The van der Waals surface area contributed by atoms with Gasteiger partial charge in [0.2, 0.25) is 0 Å². The zero-order valence-corrected chi connectivity index (χ0v) is 13.4. The van der Waals surface area contributed by atoms with Crippen LogP contribution in [0.2, 0.25) is 0 Å². The van der Waals surface area contributed by atoms with Gasteiger partial charge in [0.05, 0.1) is 13.1 Å². The van der Waals surface area contributed by atoms with Gasteiger partial charge in [-0.2, -0.15) is 0 Å². The number of aliphatic imine (C=N–C) groups is 1. The minimum atomic E-state index is 0.561. The molecule has 3 aromatic heterocycles. The fourth-order valence-corrected chi connectivity index (χ4v) is 2.34. The van der Waals surface area contributed by atoms with Crippen molar-refractivity contribution in [2.75, 3.05) is 6.54 Å². The summed E-state index contributed by atoms with van der Waals surface area (Å²) < 4.78 is 3.99. The van der Waals surface area contributed by atoms with Gasteiger partial charge in [0.1, 0.15) is 0 Å². The zero-order chi connectivity index (χ0) is 16.1. The van der Waals surface area contributed by atoms with Gasteiger partial charge in [-0.15, -0.1) is 10.2 Å². The van der Waals surface area contributed by atoms with E-state index in [0.717, 1.165) is 24.0 Å². The first-order valence-electron chi connectivity index (χ1n) is 7.68. The molecule has 0 aliphatic heterocycles. The Hall–Kier alpha value is -2.83. The molecule has 0 radical (unpaired) electrons. The summed E-state index contributed by atoms with van der Waals surface area (Å²) in [6, 6.07) is 7.92. The van der Waals surface area contributed by atoms with Gasteiger partial charge in [-0.25, -0.2) is 4.99 Å². The predicted molar refractivity (Wildman–Crippen MR) is 90.1 cm³/mol. The highest BCUT2D eigenvalue weighted by Gasteiger charge is 2.05. The summed E-state index contributed by atoms with van der Waals surface area (Å²) in [5.41, 5.74) is 2.02. The number of rotatable bonds is 5. The molecule has 3 heterocycles. The predicted octanol–water partition coefficient (Wildman–Crippen LogP) is 1.32. The number of nitrogens with one attached hydrogen (secondary N) is 2. The monoisotopic (exact) mass is 311 g/mol. The topological polar surface area (TPSA) is 71.5 Å². The van der Waals surface area contributed by atoms with E-state index in [-0.39, 0.29) is 0 Å². The van der Waals surface area contributed by atoms with E-state index in [9.17, 15) is 0 Å². The molecule has 7 nitrogen and oxygen atoms in total. The summed E-state index contributed by atoms with van der Waals surface area (Å²) in [5, 5.41) is 14.9. The molecule has 0 saturated heterocycles. The molecule has 0 amide bonds. The van der Waals surface area contributed by atoms with E-state index in [2.05, 4.69) is 38.1 Å². The number of nitrogens with zero attached hydrogens (tertiary/aromatic N) is 5. The quantitative estimate of drug-likeness (QED) is 0.551. The molecule has 0 aliphatic rings. The molecule has 0 aromatic carbocycles. The summed E-state index contributed by atoms with van der Waals surface area (Å²) >= 11 is 0. The molecule has 23 heavy (non-hydrogen) atoms. The maximum absolute atomic E-state index is 4.60. The molecule has 3 rings (SSSR count). The third-order valence-corrected chi connectivity index (χ3v) is 3.46. The number of guanidine groups is 1. The lowest BCUT2D eigenvalue weighted by atomic mass is 10.3. The Bertz CT molecular complexity index is 799. The Morgan fingerprint density at radius 3 is 2.87 bits per heavy atom. The Balaban J connectivity index is 1.67. The standard InChI is InChI=1S/C16H21N7/c1-3-17-16(18-10-13-7-9-22(2)12-13)19-11-15-21-20-14-6-4-5-8-23(14)15/h4-9,12H,3,10-11H2,1-2H3,(H2,17,18,19). The van der Waals surface area contributed by atoms with E-state index in [4.69, 9.17) is 0 Å². The third-order valence-electron chi connectivity index (χ3n) is 3.46. The van der Waals surface area contributed by atoms with Crippen LogP contribution in [-0.2, 0) is 20.1 Å². The zero-order valence-electron chi connectivity index (χ0n) is 13.4. The molecule has 2 N–H and O–H groups in total. The average Bonchev–Trinajstić information content (AvgIpc) is 3.16. The maximum Gasteiger partial charge on any atom is 0.191 e. The van der Waals surface area contributed by atoms with Crippen molar-refractivity contribution in [3.63, 3.8) is 0 Å². The summed E-state index contributed by atoms with van der Waals surface area (Å²) in [6.45, 7) is 4.05. The second-order valence-electron chi connectivity index (χ2n) is 5.28. The fraction of sp³-hybridized carbons (Fsp3) is 0.312. The van der Waals surface area contributed by atoms with Crippen LogP contribution in [-0.4, -0.2) is 31.7 Å². The van der Waals surface area contributed by atoms with Crippen LogP contribution in [0.25, 0.3) is 5.65 Å². The van der Waals surface area contributed by atoms with Gasteiger partial charge < -0.3 is 15.2 Å². The Kier molecular flexibility index (Phi) is 4.56. The van der Waals surface area contributed by atoms with Crippen LogP contribution < -0.4 is 10.6 Å². The fourth-order valence-electron chi connectivity index (χ4n) is 2.34. The highest BCUT2D eigenvalue weighted by molar-refractivity contribution is 5.79. The van der Waals surface area contributed by atoms with Gasteiger partial charge >= 0.3 is 0 Å². The van der Waals surface area contributed by atoms with Gasteiger partial charge in [-0.3, -0.25) is 4.40 Å². The van der Waals surface area contributed by atoms with Crippen molar-refractivity contribution in [1.29, 1.82) is 0 Å². The molecule has 0 fully saturated rings. The highest BCUT2D eigenvalue weighted by Crippen LogP contribution is 2.03. The molecule has 0 spiro atoms. The first-order chi connectivity index (χ1) is 11.3. The lowest BCUT2D eigenvalue weighted by Crippen LogP contribution is -2.37. The average molecular weight is 311 g/mol. The van der Waals surface area contributed by atoms with Crippen LogP contribution in [0, 0.1) is 0 Å². The van der Waals surface area contributed by atoms with E-state index in [1.807, 2.05) is 53.5 Å². The number of pyridine rings is 1. The molecule has 0 saturated carbocycles. The second-order valence-corrected chi connectivity index (χ2v) is 5.28. The number of hydrogen-bond donors (Lipinski definition) is 2. The molecule has 0 unspecified atom stereocenters. The van der Waals surface area contributed by atoms with Crippen LogP contribution in [0.4, 0.5) is 0 Å². The minimum absolute atomic E-state index is 0.561. The molecule has 0 bridgehead atoms. The molecular formula is C16H21N7. The van der Waals surface area contributed by atoms with E-state index < -0.39 is 0 Å². The molecule has 0 aliphatic carbocycles. The number of aromatic nitrogens is 4. The molecule has 0 atom stereocenters. The van der Waals surface area contributed by atoms with Crippen molar-refractivity contribution < 1.29 is 0 Å². The summed E-state index contributed by atoms with van der Waals surface area (Å²) in [4.78, 5) is 4.60. The first kappa shape index (κ1) is 15.1. The number of hydrogen-bond acceptors (Lipinski definition) is 3. The van der Waals surface area contributed by atoms with Crippen LogP contribution >= 0.6 is 0 Å². The van der Waals surface area contributed by atoms with Crippen LogP contribution in [0.1, 0.15) is 18.3 Å². The summed E-state index contributed by atoms with van der Waals surface area (Å²) in [7, 11) is 2.01. The lowest BCUT2D eigenvalue weighted by Gasteiger charge is -2.10. The van der Waals surface area contributed by atoms with Crippen molar-refractivity contribution in [1.82, 2.24) is 29.8 Å². The second kappa shape index (κ2) is 6.95. The first-order valence-corrected chi connectivity index (χ1v) is 7.68. The molecule has 3 aromatic rings. The van der Waals surface area contributed by atoms with Gasteiger partial charge in [0.15, 0.2) is 17.4 Å². The van der Waals surface area contributed by atoms with Crippen LogP contribution in [0.3, 0.4) is 0 Å². The van der Waals surface area contributed by atoms with Gasteiger partial charge in [-0.1, -0.05) is 6.07 Å². The largest absolute Gasteiger partial charge is 0.357 e. The van der Waals surface area contributed by atoms with Crippen molar-refractivity contribution in [3.8, 4) is 0 Å². The van der Waals surface area contributed by atoms with Gasteiger partial charge in [0.25, 0.3) is 0 Å². The smallest absolute Gasteiger partial charge is 0.191 e. The van der Waals surface area contributed by atoms with E-state index >= 15 is 0 Å². The summed E-state index contributed by atoms with van der Waals surface area (Å²) in [6.07, 6.45) is 6.05. The number of fused-ring (bicyclic) bond motifs is 1. The van der Waals surface area contributed by atoms with Crippen LogP contribution in [0.5, 0.6) is 0 Å². The van der Waals surface area contributed by atoms with Gasteiger partial charge in [-0.05, 0) is 30.7 Å². The molecule has 7 heteroatoms. The minimum Gasteiger partial charge on any atom is -0.357 e. The number of aryl methyl sites for hydroxylation is 1. The van der Waals surface area contributed by atoms with Crippen molar-refractivity contribution >= 4 is 11.6 Å². The molecular weight excluding hydrogens is 290 g/mol. The van der Waals surface area contributed by atoms with Crippen LogP contribution in [0.15, 0.2) is 47.8 Å². The Labute approximate surface area is 135 Å². The normalized spacial score (nSPS) is 11.8. The van der Waals surface area contributed by atoms with E-state index in [1.165, 1.54) is 5.56 Å². The van der Waals surface area contributed by atoms with E-state index in [1.54, 1.807) is 0 Å².